The van der Waals surface area contributed by atoms with E-state index in [0.29, 0.717) is 0 Å². The molecule has 0 aliphatic heterocycles. The summed E-state index contributed by atoms with van der Waals surface area (Å²) in [7, 11) is 0. The number of benzene rings is 1. The first-order chi connectivity index (χ1) is 9.36. The van der Waals surface area contributed by atoms with E-state index >= 15 is 0 Å². The fourth-order valence-electron chi connectivity index (χ4n) is 2.01. The average Bonchev–Trinajstić information content (AvgIpc) is 2.89. The van der Waals surface area contributed by atoms with Crippen molar-refractivity contribution in [3.05, 3.63) is 54.2 Å². The van der Waals surface area contributed by atoms with Crippen LogP contribution >= 0.6 is 11.3 Å². The Morgan fingerprint density at radius 3 is 2.84 bits per heavy atom. The van der Waals surface area contributed by atoms with Crippen molar-refractivity contribution in [2.75, 3.05) is 6.54 Å². The van der Waals surface area contributed by atoms with Crippen LogP contribution in [0.2, 0.25) is 0 Å². The summed E-state index contributed by atoms with van der Waals surface area (Å²) < 4.78 is 1.12. The third kappa shape index (κ3) is 2.67. The lowest BCUT2D eigenvalue weighted by atomic mass is 10.1. The molecule has 0 amide bonds. The van der Waals surface area contributed by atoms with Gasteiger partial charge in [0.15, 0.2) is 0 Å². The zero-order valence-electron chi connectivity index (χ0n) is 10.8. The smallest absolute Gasteiger partial charge is 0.0822 e. The van der Waals surface area contributed by atoms with E-state index in [1.165, 1.54) is 16.0 Å². The Kier molecular flexibility index (Phi) is 3.58. The van der Waals surface area contributed by atoms with Crippen LogP contribution in [0, 0.1) is 6.07 Å². The SMILES string of the molecule is CCNCc1ccc(-c2cc3ncc[c]c3s2)cc1. The Hall–Kier alpha value is -1.71. The molecule has 1 radical (unpaired) electrons. The van der Waals surface area contributed by atoms with E-state index in [4.69, 9.17) is 0 Å². The highest BCUT2D eigenvalue weighted by atomic mass is 32.1. The molecule has 95 valence electrons. The summed E-state index contributed by atoms with van der Waals surface area (Å²) in [6.07, 6.45) is 1.79. The van der Waals surface area contributed by atoms with Crippen molar-refractivity contribution in [2.24, 2.45) is 0 Å². The van der Waals surface area contributed by atoms with Crippen LogP contribution in [0.1, 0.15) is 12.5 Å². The molecule has 2 nitrogen and oxygen atoms in total. The summed E-state index contributed by atoms with van der Waals surface area (Å²) in [6, 6.07) is 15.9. The number of rotatable bonds is 4. The second-order valence-corrected chi connectivity index (χ2v) is 5.44. The molecule has 0 atom stereocenters. The summed E-state index contributed by atoms with van der Waals surface area (Å²) in [5.41, 5.74) is 3.59. The standard InChI is InChI=1S/C16H15N2S/c1-2-17-11-12-5-7-13(8-6-12)16-10-14-15(19-16)4-3-9-18-14/h3,5-10,17H,2,11H2,1H3. The third-order valence-electron chi connectivity index (χ3n) is 3.03. The molecule has 3 heteroatoms. The van der Waals surface area contributed by atoms with Gasteiger partial charge in [0, 0.05) is 23.7 Å². The number of nitrogens with one attached hydrogen (secondary N) is 1. The Morgan fingerprint density at radius 1 is 1.26 bits per heavy atom. The second kappa shape index (κ2) is 5.51. The maximum atomic E-state index is 4.35. The van der Waals surface area contributed by atoms with E-state index in [1.54, 1.807) is 17.5 Å². The molecular weight excluding hydrogens is 252 g/mol. The number of nitrogens with zero attached hydrogens (tertiary/aromatic N) is 1. The minimum atomic E-state index is 0.929. The van der Waals surface area contributed by atoms with Gasteiger partial charge in [-0.25, -0.2) is 0 Å². The Labute approximate surface area is 117 Å². The summed E-state index contributed by atoms with van der Waals surface area (Å²) in [4.78, 5) is 5.60. The van der Waals surface area contributed by atoms with Crippen molar-refractivity contribution in [1.82, 2.24) is 10.3 Å². The first-order valence-electron chi connectivity index (χ1n) is 6.43. The highest BCUT2D eigenvalue weighted by Gasteiger charge is 2.04. The largest absolute Gasteiger partial charge is 0.313 e. The van der Waals surface area contributed by atoms with Gasteiger partial charge in [-0.1, -0.05) is 31.2 Å². The molecule has 0 saturated heterocycles. The Bertz CT molecular complexity index is 638. The van der Waals surface area contributed by atoms with E-state index in [9.17, 15) is 0 Å². The van der Waals surface area contributed by atoms with Gasteiger partial charge in [0.1, 0.15) is 0 Å². The van der Waals surface area contributed by atoms with Crippen LogP contribution in [0.3, 0.4) is 0 Å². The highest BCUT2D eigenvalue weighted by molar-refractivity contribution is 7.22. The molecular formula is C16H15N2S. The summed E-state index contributed by atoms with van der Waals surface area (Å²) in [5, 5.41) is 3.33. The van der Waals surface area contributed by atoms with Gasteiger partial charge in [-0.05, 0) is 29.8 Å². The maximum absolute atomic E-state index is 4.35. The van der Waals surface area contributed by atoms with Crippen molar-refractivity contribution >= 4 is 21.6 Å². The molecule has 0 unspecified atom stereocenters. The molecule has 19 heavy (non-hydrogen) atoms. The monoisotopic (exact) mass is 267 g/mol. The molecule has 0 fully saturated rings. The molecule has 1 N–H and O–H groups in total. The number of fused-ring (bicyclic) bond motifs is 1. The Morgan fingerprint density at radius 2 is 2.11 bits per heavy atom. The van der Waals surface area contributed by atoms with E-state index in [0.717, 1.165) is 23.3 Å². The Balaban J connectivity index is 1.88. The normalized spacial score (nSPS) is 11.0. The molecule has 2 aromatic heterocycles. The zero-order valence-corrected chi connectivity index (χ0v) is 11.6. The summed E-state index contributed by atoms with van der Waals surface area (Å²) in [5.74, 6) is 0. The maximum Gasteiger partial charge on any atom is 0.0822 e. The van der Waals surface area contributed by atoms with Crippen molar-refractivity contribution in [2.45, 2.75) is 13.5 Å². The quantitative estimate of drug-likeness (QED) is 0.776. The zero-order chi connectivity index (χ0) is 13.1. The fourth-order valence-corrected chi connectivity index (χ4v) is 3.00. The molecule has 0 aliphatic rings. The van der Waals surface area contributed by atoms with Crippen molar-refractivity contribution in [3.63, 3.8) is 0 Å². The topological polar surface area (TPSA) is 24.9 Å². The third-order valence-corrected chi connectivity index (χ3v) is 4.14. The minimum absolute atomic E-state index is 0.929. The summed E-state index contributed by atoms with van der Waals surface area (Å²) in [6.45, 7) is 4.05. The van der Waals surface area contributed by atoms with Crippen LogP contribution in [-0.2, 0) is 6.54 Å². The van der Waals surface area contributed by atoms with Crippen molar-refractivity contribution in [1.29, 1.82) is 0 Å². The van der Waals surface area contributed by atoms with Crippen LogP contribution in [-0.4, -0.2) is 11.5 Å². The molecule has 0 saturated carbocycles. The lowest BCUT2D eigenvalue weighted by Crippen LogP contribution is -2.11. The molecule has 2 heterocycles. The molecule has 3 rings (SSSR count). The lowest BCUT2D eigenvalue weighted by Gasteiger charge is -2.03. The molecule has 1 aromatic carbocycles. The minimum Gasteiger partial charge on any atom is -0.313 e. The van der Waals surface area contributed by atoms with Gasteiger partial charge in [-0.3, -0.25) is 4.98 Å². The van der Waals surface area contributed by atoms with Crippen LogP contribution in [0.5, 0.6) is 0 Å². The van der Waals surface area contributed by atoms with Crippen LogP contribution in [0.25, 0.3) is 20.7 Å². The number of aromatic nitrogens is 1. The van der Waals surface area contributed by atoms with Gasteiger partial charge in [0.05, 0.1) is 10.2 Å². The number of pyridine rings is 1. The number of hydrogen-bond acceptors (Lipinski definition) is 3. The van der Waals surface area contributed by atoms with Crippen LogP contribution in [0.15, 0.2) is 42.6 Å². The van der Waals surface area contributed by atoms with Crippen molar-refractivity contribution in [3.8, 4) is 10.4 Å². The predicted octanol–water partition coefficient (Wildman–Crippen LogP) is 3.87. The van der Waals surface area contributed by atoms with Gasteiger partial charge < -0.3 is 5.32 Å². The van der Waals surface area contributed by atoms with Gasteiger partial charge in [0.25, 0.3) is 0 Å². The molecule has 3 aromatic rings. The second-order valence-electron chi connectivity index (χ2n) is 4.39. The molecule has 0 aliphatic carbocycles. The first-order valence-corrected chi connectivity index (χ1v) is 7.25. The van der Waals surface area contributed by atoms with E-state index < -0.39 is 0 Å². The van der Waals surface area contributed by atoms with Gasteiger partial charge in [0.2, 0.25) is 0 Å². The number of hydrogen-bond donors (Lipinski definition) is 1. The van der Waals surface area contributed by atoms with Crippen molar-refractivity contribution < 1.29 is 0 Å². The molecule has 0 spiro atoms. The van der Waals surface area contributed by atoms with Gasteiger partial charge >= 0.3 is 0 Å². The van der Waals surface area contributed by atoms with Crippen LogP contribution in [0.4, 0.5) is 0 Å². The first kappa shape index (κ1) is 12.3. The lowest BCUT2D eigenvalue weighted by molar-refractivity contribution is 0.727. The molecule has 0 bridgehead atoms. The van der Waals surface area contributed by atoms with Gasteiger partial charge in [-0.2, -0.15) is 0 Å². The van der Waals surface area contributed by atoms with Crippen LogP contribution < -0.4 is 5.32 Å². The van der Waals surface area contributed by atoms with E-state index in [2.05, 4.69) is 53.6 Å². The van der Waals surface area contributed by atoms with Gasteiger partial charge in [-0.15, -0.1) is 11.3 Å². The highest BCUT2D eigenvalue weighted by Crippen LogP contribution is 2.32. The number of thiophene rings is 1. The summed E-state index contributed by atoms with van der Waals surface area (Å²) >= 11 is 1.74. The average molecular weight is 267 g/mol. The van der Waals surface area contributed by atoms with E-state index in [-0.39, 0.29) is 0 Å². The van der Waals surface area contributed by atoms with E-state index in [1.807, 2.05) is 6.07 Å². The fraction of sp³-hybridized carbons (Fsp3) is 0.188. The predicted molar refractivity (Wildman–Crippen MR) is 81.3 cm³/mol.